The standard InChI is InChI=1S/C19H19N3O3/c1-2-17(23)21-22-19(25)15-10-6-7-11-16(15)20-18(24)13-12-14-8-4-3-5-9-14/h3-13H,2H2,1H3,(H,20,24)(H,21,23)(H,22,25)/b13-12+. The molecule has 6 heteroatoms. The summed E-state index contributed by atoms with van der Waals surface area (Å²) in [5.41, 5.74) is 6.11. The molecule has 0 spiro atoms. The maximum Gasteiger partial charge on any atom is 0.271 e. The average Bonchev–Trinajstić information content (AvgIpc) is 2.65. The van der Waals surface area contributed by atoms with Crippen LogP contribution in [0, 0.1) is 0 Å². The van der Waals surface area contributed by atoms with Gasteiger partial charge in [-0.25, -0.2) is 0 Å². The van der Waals surface area contributed by atoms with E-state index in [4.69, 9.17) is 0 Å². The zero-order valence-electron chi connectivity index (χ0n) is 13.8. The van der Waals surface area contributed by atoms with Crippen LogP contribution in [-0.2, 0) is 9.59 Å². The molecule has 0 saturated carbocycles. The lowest BCUT2D eigenvalue weighted by Crippen LogP contribution is -2.41. The van der Waals surface area contributed by atoms with Crippen molar-refractivity contribution in [1.82, 2.24) is 10.9 Å². The molecule has 2 aromatic rings. The van der Waals surface area contributed by atoms with Gasteiger partial charge in [-0.15, -0.1) is 0 Å². The molecule has 2 rings (SSSR count). The van der Waals surface area contributed by atoms with E-state index in [-0.39, 0.29) is 23.8 Å². The van der Waals surface area contributed by atoms with Gasteiger partial charge in [0, 0.05) is 12.5 Å². The van der Waals surface area contributed by atoms with Crippen LogP contribution < -0.4 is 16.2 Å². The van der Waals surface area contributed by atoms with E-state index in [2.05, 4.69) is 16.2 Å². The zero-order chi connectivity index (χ0) is 18.1. The minimum Gasteiger partial charge on any atom is -0.322 e. The summed E-state index contributed by atoms with van der Waals surface area (Å²) in [5.74, 6) is -1.17. The highest BCUT2D eigenvalue weighted by molar-refractivity contribution is 6.07. The van der Waals surface area contributed by atoms with Crippen LogP contribution >= 0.6 is 0 Å². The molecule has 2 aromatic carbocycles. The first-order chi connectivity index (χ1) is 12.1. The van der Waals surface area contributed by atoms with Crippen molar-refractivity contribution >= 4 is 29.5 Å². The number of benzene rings is 2. The van der Waals surface area contributed by atoms with Gasteiger partial charge in [-0.3, -0.25) is 25.2 Å². The number of hydrogen-bond donors (Lipinski definition) is 3. The molecular weight excluding hydrogens is 318 g/mol. The highest BCUT2D eigenvalue weighted by atomic mass is 16.2. The molecule has 0 bridgehead atoms. The van der Waals surface area contributed by atoms with E-state index in [1.807, 2.05) is 30.3 Å². The van der Waals surface area contributed by atoms with Gasteiger partial charge in [-0.1, -0.05) is 49.4 Å². The summed E-state index contributed by atoms with van der Waals surface area (Å²) in [6.45, 7) is 1.68. The Hall–Kier alpha value is -3.41. The van der Waals surface area contributed by atoms with Gasteiger partial charge in [-0.2, -0.15) is 0 Å². The summed E-state index contributed by atoms with van der Waals surface area (Å²) in [7, 11) is 0. The minimum atomic E-state index is -0.510. The number of carbonyl (C=O) groups excluding carboxylic acids is 3. The fraction of sp³-hybridized carbons (Fsp3) is 0.105. The molecule has 3 amide bonds. The van der Waals surface area contributed by atoms with E-state index in [9.17, 15) is 14.4 Å². The van der Waals surface area contributed by atoms with Gasteiger partial charge in [0.25, 0.3) is 5.91 Å². The smallest absolute Gasteiger partial charge is 0.271 e. The van der Waals surface area contributed by atoms with Crippen molar-refractivity contribution in [3.8, 4) is 0 Å². The normalized spacial score (nSPS) is 10.3. The van der Waals surface area contributed by atoms with Crippen LogP contribution in [0.1, 0.15) is 29.3 Å². The van der Waals surface area contributed by atoms with Gasteiger partial charge in [0.15, 0.2) is 0 Å². The number of para-hydroxylation sites is 1. The van der Waals surface area contributed by atoms with Gasteiger partial charge >= 0.3 is 0 Å². The fourth-order valence-electron chi connectivity index (χ4n) is 1.98. The van der Waals surface area contributed by atoms with Gasteiger partial charge in [0.2, 0.25) is 11.8 Å². The van der Waals surface area contributed by atoms with Crippen molar-refractivity contribution in [1.29, 1.82) is 0 Å². The number of amides is 3. The average molecular weight is 337 g/mol. The first kappa shape index (κ1) is 17.9. The Morgan fingerprint density at radius 3 is 2.32 bits per heavy atom. The van der Waals surface area contributed by atoms with Gasteiger partial charge in [0.05, 0.1) is 11.3 Å². The second-order valence-corrected chi connectivity index (χ2v) is 5.13. The summed E-state index contributed by atoms with van der Waals surface area (Å²) in [5, 5.41) is 2.66. The molecule has 0 fully saturated rings. The highest BCUT2D eigenvalue weighted by Crippen LogP contribution is 2.15. The first-order valence-electron chi connectivity index (χ1n) is 7.82. The Morgan fingerprint density at radius 2 is 1.60 bits per heavy atom. The topological polar surface area (TPSA) is 87.3 Å². The third-order valence-electron chi connectivity index (χ3n) is 3.29. The Kier molecular flexibility index (Phi) is 6.47. The van der Waals surface area contributed by atoms with Crippen molar-refractivity contribution in [2.24, 2.45) is 0 Å². The third kappa shape index (κ3) is 5.62. The van der Waals surface area contributed by atoms with Crippen molar-refractivity contribution in [2.75, 3.05) is 5.32 Å². The zero-order valence-corrected chi connectivity index (χ0v) is 13.8. The van der Waals surface area contributed by atoms with E-state index >= 15 is 0 Å². The van der Waals surface area contributed by atoms with Gasteiger partial charge in [0.1, 0.15) is 0 Å². The van der Waals surface area contributed by atoms with E-state index in [0.717, 1.165) is 5.56 Å². The van der Waals surface area contributed by atoms with Crippen molar-refractivity contribution in [3.63, 3.8) is 0 Å². The van der Waals surface area contributed by atoms with Crippen LogP contribution in [-0.4, -0.2) is 17.7 Å². The molecule has 0 unspecified atom stereocenters. The number of hydrogen-bond acceptors (Lipinski definition) is 3. The minimum absolute atomic E-state index is 0.250. The fourth-order valence-corrected chi connectivity index (χ4v) is 1.98. The summed E-state index contributed by atoms with van der Waals surface area (Å²) < 4.78 is 0. The summed E-state index contributed by atoms with van der Waals surface area (Å²) >= 11 is 0. The molecule has 0 saturated heterocycles. The van der Waals surface area contributed by atoms with Crippen molar-refractivity contribution in [3.05, 3.63) is 71.8 Å². The largest absolute Gasteiger partial charge is 0.322 e. The van der Waals surface area contributed by atoms with Crippen LogP contribution in [0.25, 0.3) is 6.08 Å². The van der Waals surface area contributed by atoms with Crippen LogP contribution in [0.4, 0.5) is 5.69 Å². The van der Waals surface area contributed by atoms with E-state index in [1.165, 1.54) is 6.08 Å². The molecule has 0 aliphatic carbocycles. The number of nitrogens with one attached hydrogen (secondary N) is 3. The molecular formula is C19H19N3O3. The molecule has 0 heterocycles. The first-order valence-corrected chi connectivity index (χ1v) is 7.82. The Labute approximate surface area is 145 Å². The maximum absolute atomic E-state index is 12.2. The SMILES string of the molecule is CCC(=O)NNC(=O)c1ccccc1NC(=O)/C=C/c1ccccc1. The summed E-state index contributed by atoms with van der Waals surface area (Å²) in [6, 6.07) is 16.0. The van der Waals surface area contributed by atoms with Crippen molar-refractivity contribution < 1.29 is 14.4 Å². The maximum atomic E-state index is 12.2. The Morgan fingerprint density at radius 1 is 0.920 bits per heavy atom. The number of hydrazine groups is 1. The quantitative estimate of drug-likeness (QED) is 0.579. The van der Waals surface area contributed by atoms with Crippen LogP contribution in [0.15, 0.2) is 60.7 Å². The number of rotatable bonds is 5. The molecule has 0 aromatic heterocycles. The highest BCUT2D eigenvalue weighted by Gasteiger charge is 2.12. The molecule has 0 aliphatic rings. The molecule has 6 nitrogen and oxygen atoms in total. The lowest BCUT2D eigenvalue weighted by Gasteiger charge is -2.10. The van der Waals surface area contributed by atoms with Gasteiger partial charge in [-0.05, 0) is 23.8 Å². The lowest BCUT2D eigenvalue weighted by molar-refractivity contribution is -0.121. The second kappa shape index (κ2) is 9.02. The summed E-state index contributed by atoms with van der Waals surface area (Å²) in [6.07, 6.45) is 3.32. The molecule has 128 valence electrons. The molecule has 0 aliphatic heterocycles. The van der Waals surface area contributed by atoms with Crippen molar-refractivity contribution in [2.45, 2.75) is 13.3 Å². The van der Waals surface area contributed by atoms with E-state index < -0.39 is 5.91 Å². The van der Waals surface area contributed by atoms with Crippen LogP contribution in [0.5, 0.6) is 0 Å². The Bertz CT molecular complexity index is 786. The lowest BCUT2D eigenvalue weighted by atomic mass is 10.1. The number of carbonyl (C=O) groups is 3. The van der Waals surface area contributed by atoms with Crippen LogP contribution in [0.2, 0.25) is 0 Å². The van der Waals surface area contributed by atoms with Crippen LogP contribution in [0.3, 0.4) is 0 Å². The molecule has 0 radical (unpaired) electrons. The molecule has 0 atom stereocenters. The number of anilines is 1. The molecule has 25 heavy (non-hydrogen) atoms. The summed E-state index contributed by atoms with van der Waals surface area (Å²) in [4.78, 5) is 35.5. The molecule has 3 N–H and O–H groups in total. The third-order valence-corrected chi connectivity index (χ3v) is 3.29. The van der Waals surface area contributed by atoms with E-state index in [1.54, 1.807) is 37.3 Å². The second-order valence-electron chi connectivity index (χ2n) is 5.13. The predicted molar refractivity (Wildman–Crippen MR) is 96.4 cm³/mol. The monoisotopic (exact) mass is 337 g/mol. The Balaban J connectivity index is 2.04. The van der Waals surface area contributed by atoms with E-state index in [0.29, 0.717) is 5.69 Å². The van der Waals surface area contributed by atoms with Gasteiger partial charge < -0.3 is 5.32 Å². The predicted octanol–water partition coefficient (Wildman–Crippen LogP) is 2.51.